The lowest BCUT2D eigenvalue weighted by Gasteiger charge is -2.41. The summed E-state index contributed by atoms with van der Waals surface area (Å²) in [4.78, 5) is 22.2. The molecular weight excluding hydrogens is 470 g/mol. The second kappa shape index (κ2) is 8.45. The van der Waals surface area contributed by atoms with E-state index in [1.807, 2.05) is 12.3 Å². The van der Waals surface area contributed by atoms with Gasteiger partial charge in [-0.15, -0.1) is 10.2 Å². The van der Waals surface area contributed by atoms with Gasteiger partial charge in [0, 0.05) is 37.0 Å². The Morgan fingerprint density at radius 3 is 2.76 bits per heavy atom. The van der Waals surface area contributed by atoms with Crippen molar-refractivity contribution < 1.29 is 4.74 Å². The van der Waals surface area contributed by atoms with E-state index in [0.29, 0.717) is 17.4 Å². The molecule has 37 heavy (non-hydrogen) atoms. The number of ether oxygens (including phenoxy) is 1. The molecule has 0 saturated carbocycles. The van der Waals surface area contributed by atoms with Crippen LogP contribution in [0.25, 0.3) is 22.7 Å². The van der Waals surface area contributed by atoms with Crippen LogP contribution in [0.15, 0.2) is 24.7 Å². The number of aromatic nitrogens is 8. The third-order valence-corrected chi connectivity index (χ3v) is 8.53. The molecule has 7 heterocycles. The standard InChI is InChI=1S/C25H31N11O/c1-14-5-8-36(17-4-3-16(30-19(14)17)22-28-13-29-32-22)24-20-23(33-34-24)31-18(11-27-20)35-9-6-25(7-10-35)12-37-15(2)21(25)26/h3-4,11,13-15,21H,5-10,12,26H2,1-2H3,(H,28,29,32)(H,31,33,34)/t14-,15-,21+/m0/s1. The quantitative estimate of drug-likeness (QED) is 0.382. The van der Waals surface area contributed by atoms with Gasteiger partial charge in [-0.1, -0.05) is 6.92 Å². The molecule has 0 radical (unpaired) electrons. The highest BCUT2D eigenvalue weighted by Gasteiger charge is 2.47. The van der Waals surface area contributed by atoms with Gasteiger partial charge in [-0.05, 0) is 38.3 Å². The molecule has 0 aromatic carbocycles. The molecule has 4 aromatic rings. The third kappa shape index (κ3) is 3.57. The van der Waals surface area contributed by atoms with Gasteiger partial charge >= 0.3 is 0 Å². The number of fused-ring (bicyclic) bond motifs is 2. The van der Waals surface area contributed by atoms with E-state index in [1.165, 1.54) is 0 Å². The van der Waals surface area contributed by atoms with Crippen molar-refractivity contribution in [2.24, 2.45) is 11.1 Å². The molecule has 0 aliphatic carbocycles. The average molecular weight is 502 g/mol. The first-order valence-corrected chi connectivity index (χ1v) is 13.0. The molecule has 12 heteroatoms. The number of H-pyrrole nitrogens is 2. The maximum atomic E-state index is 6.49. The maximum absolute atomic E-state index is 6.49. The van der Waals surface area contributed by atoms with E-state index in [-0.39, 0.29) is 17.6 Å². The second-order valence-corrected chi connectivity index (χ2v) is 10.6. The lowest BCUT2D eigenvalue weighted by atomic mass is 9.73. The van der Waals surface area contributed by atoms with E-state index >= 15 is 0 Å². The minimum atomic E-state index is 0.0781. The predicted octanol–water partition coefficient (Wildman–Crippen LogP) is 2.51. The second-order valence-electron chi connectivity index (χ2n) is 10.6. The first-order chi connectivity index (χ1) is 18.0. The fourth-order valence-electron chi connectivity index (χ4n) is 6.10. The molecule has 3 aliphatic heterocycles. The molecule has 7 rings (SSSR count). The van der Waals surface area contributed by atoms with E-state index in [2.05, 4.69) is 55.1 Å². The highest BCUT2D eigenvalue weighted by atomic mass is 16.5. The number of hydrogen-bond acceptors (Lipinski definition) is 10. The zero-order valence-corrected chi connectivity index (χ0v) is 21.1. The largest absolute Gasteiger partial charge is 0.376 e. The number of nitrogens with two attached hydrogens (primary N) is 1. The van der Waals surface area contributed by atoms with Gasteiger partial charge in [-0.25, -0.2) is 15.0 Å². The molecule has 4 aromatic heterocycles. The van der Waals surface area contributed by atoms with E-state index in [1.54, 1.807) is 6.33 Å². The predicted molar refractivity (Wildman–Crippen MR) is 139 cm³/mol. The normalized spacial score (nSPS) is 25.2. The van der Waals surface area contributed by atoms with E-state index < -0.39 is 0 Å². The molecule has 0 bridgehead atoms. The van der Waals surface area contributed by atoms with Crippen LogP contribution >= 0.6 is 0 Å². The number of rotatable bonds is 3. The van der Waals surface area contributed by atoms with Crippen molar-refractivity contribution in [2.75, 3.05) is 36.0 Å². The molecule has 0 unspecified atom stereocenters. The molecular formula is C25H31N11O. The maximum Gasteiger partial charge on any atom is 0.183 e. The molecule has 12 nitrogen and oxygen atoms in total. The zero-order valence-electron chi connectivity index (χ0n) is 21.1. The number of nitrogens with zero attached hydrogens (tertiary/aromatic N) is 8. The molecule has 4 N–H and O–H groups in total. The summed E-state index contributed by atoms with van der Waals surface area (Å²) in [5.41, 5.74) is 10.9. The Morgan fingerprint density at radius 2 is 2.00 bits per heavy atom. The number of hydrogen-bond donors (Lipinski definition) is 3. The van der Waals surface area contributed by atoms with Gasteiger partial charge in [0.15, 0.2) is 22.8 Å². The minimum absolute atomic E-state index is 0.0781. The van der Waals surface area contributed by atoms with E-state index in [9.17, 15) is 0 Å². The van der Waals surface area contributed by atoms with Crippen molar-refractivity contribution in [2.45, 2.75) is 51.2 Å². The summed E-state index contributed by atoms with van der Waals surface area (Å²) in [6.07, 6.45) is 6.51. The highest BCUT2D eigenvalue weighted by Crippen LogP contribution is 2.43. The van der Waals surface area contributed by atoms with Crippen LogP contribution in [0.5, 0.6) is 0 Å². The Labute approximate surface area is 214 Å². The zero-order chi connectivity index (χ0) is 25.1. The van der Waals surface area contributed by atoms with Crippen molar-refractivity contribution in [3.63, 3.8) is 0 Å². The van der Waals surface area contributed by atoms with Crippen molar-refractivity contribution in [3.8, 4) is 11.5 Å². The van der Waals surface area contributed by atoms with Crippen molar-refractivity contribution >= 4 is 28.5 Å². The average Bonchev–Trinajstić information content (AvgIpc) is 3.67. The van der Waals surface area contributed by atoms with Gasteiger partial charge in [-0.3, -0.25) is 5.10 Å². The summed E-state index contributed by atoms with van der Waals surface area (Å²) < 4.78 is 5.87. The molecule has 2 saturated heterocycles. The van der Waals surface area contributed by atoms with Crippen LogP contribution in [0.4, 0.5) is 17.3 Å². The number of piperidine rings is 1. The van der Waals surface area contributed by atoms with Crippen LogP contribution in [0.1, 0.15) is 44.7 Å². The summed E-state index contributed by atoms with van der Waals surface area (Å²) in [5, 5.41) is 15.8. The third-order valence-electron chi connectivity index (χ3n) is 8.53. The summed E-state index contributed by atoms with van der Waals surface area (Å²) in [6, 6.07) is 4.14. The summed E-state index contributed by atoms with van der Waals surface area (Å²) in [7, 11) is 0. The van der Waals surface area contributed by atoms with Crippen molar-refractivity contribution in [3.05, 3.63) is 30.4 Å². The van der Waals surface area contributed by atoms with Crippen LogP contribution in [0.2, 0.25) is 0 Å². The minimum Gasteiger partial charge on any atom is -0.376 e. The lowest BCUT2D eigenvalue weighted by Crippen LogP contribution is -2.50. The number of nitrogens with one attached hydrogen (secondary N) is 2. The van der Waals surface area contributed by atoms with Gasteiger partial charge in [0.25, 0.3) is 0 Å². The molecule has 3 atom stereocenters. The van der Waals surface area contributed by atoms with E-state index in [0.717, 1.165) is 79.7 Å². The monoisotopic (exact) mass is 501 g/mol. The SMILES string of the molecule is C[C@@H]1OCC2(CCN(c3cnc4c(N5CC[C@H](C)c6nc(-c7nnc[nH]7)ccc65)n[nH]c4n3)CC2)[C@@H]1N. The van der Waals surface area contributed by atoms with Crippen LogP contribution in [-0.2, 0) is 4.74 Å². The Balaban J connectivity index is 1.15. The number of anilines is 3. The fourth-order valence-corrected chi connectivity index (χ4v) is 6.10. The topological polar surface area (TPSA) is 151 Å². The molecule has 0 amide bonds. The number of aromatic amines is 2. The Morgan fingerprint density at radius 1 is 1.14 bits per heavy atom. The highest BCUT2D eigenvalue weighted by molar-refractivity contribution is 5.88. The summed E-state index contributed by atoms with van der Waals surface area (Å²) in [5.74, 6) is 2.62. The lowest BCUT2D eigenvalue weighted by molar-refractivity contribution is 0.0974. The van der Waals surface area contributed by atoms with Crippen LogP contribution in [0, 0.1) is 5.41 Å². The van der Waals surface area contributed by atoms with Crippen LogP contribution in [0.3, 0.4) is 0 Å². The van der Waals surface area contributed by atoms with E-state index in [4.69, 9.17) is 25.4 Å². The van der Waals surface area contributed by atoms with Crippen molar-refractivity contribution in [1.82, 2.24) is 40.3 Å². The Kier molecular flexibility index (Phi) is 5.15. The summed E-state index contributed by atoms with van der Waals surface area (Å²) >= 11 is 0. The Hall–Kier alpha value is -3.64. The molecule has 192 valence electrons. The van der Waals surface area contributed by atoms with Crippen LogP contribution < -0.4 is 15.5 Å². The smallest absolute Gasteiger partial charge is 0.183 e. The Bertz CT molecular complexity index is 1430. The fraction of sp³-hybridized carbons (Fsp3) is 0.520. The van der Waals surface area contributed by atoms with Gasteiger partial charge < -0.3 is 25.3 Å². The first-order valence-electron chi connectivity index (χ1n) is 13.0. The summed E-state index contributed by atoms with van der Waals surface area (Å²) in [6.45, 7) is 7.64. The van der Waals surface area contributed by atoms with Crippen molar-refractivity contribution in [1.29, 1.82) is 0 Å². The number of pyridine rings is 1. The van der Waals surface area contributed by atoms with Crippen LogP contribution in [-0.4, -0.2) is 78.7 Å². The van der Waals surface area contributed by atoms with Gasteiger partial charge in [-0.2, -0.15) is 5.10 Å². The molecule has 2 fully saturated rings. The molecule has 1 spiro atoms. The van der Waals surface area contributed by atoms with Gasteiger partial charge in [0.2, 0.25) is 0 Å². The molecule has 3 aliphatic rings. The first kappa shape index (κ1) is 22.5. The van der Waals surface area contributed by atoms with Gasteiger partial charge in [0.05, 0.1) is 30.3 Å². The van der Waals surface area contributed by atoms with Gasteiger partial charge in [0.1, 0.15) is 17.8 Å².